The summed E-state index contributed by atoms with van der Waals surface area (Å²) in [6, 6.07) is 2.04. The summed E-state index contributed by atoms with van der Waals surface area (Å²) in [6.07, 6.45) is 4.62. The Morgan fingerprint density at radius 3 is 2.93 bits per heavy atom. The Morgan fingerprint density at radius 1 is 1.36 bits per heavy atom. The first-order chi connectivity index (χ1) is 6.86. The number of rotatable bonds is 6. The van der Waals surface area contributed by atoms with Crippen LogP contribution in [0, 0.1) is 0 Å². The van der Waals surface area contributed by atoms with Crippen LogP contribution in [0.4, 0.5) is 0 Å². The van der Waals surface area contributed by atoms with Crippen LogP contribution in [0.25, 0.3) is 0 Å². The van der Waals surface area contributed by atoms with Crippen LogP contribution in [0.2, 0.25) is 0 Å². The summed E-state index contributed by atoms with van der Waals surface area (Å²) in [5.74, 6) is 0.863. The second-order valence-corrected chi connectivity index (χ2v) is 3.08. The summed E-state index contributed by atoms with van der Waals surface area (Å²) in [7, 11) is 0. The molecule has 3 nitrogen and oxygen atoms in total. The number of nitrogens with one attached hydrogen (secondary N) is 1. The van der Waals surface area contributed by atoms with E-state index < -0.39 is 0 Å². The first kappa shape index (κ1) is 11.0. The zero-order chi connectivity index (χ0) is 10.2. The predicted molar refractivity (Wildman–Crippen MR) is 57.7 cm³/mol. The van der Waals surface area contributed by atoms with Gasteiger partial charge in [-0.15, -0.1) is 0 Å². The molecule has 0 aliphatic heterocycles. The molecule has 0 fully saturated rings. The van der Waals surface area contributed by atoms with Gasteiger partial charge in [-0.1, -0.05) is 13.8 Å². The van der Waals surface area contributed by atoms with Crippen LogP contribution in [-0.4, -0.2) is 24.7 Å². The van der Waals surface area contributed by atoms with E-state index in [1.54, 1.807) is 6.20 Å². The summed E-state index contributed by atoms with van der Waals surface area (Å²) < 4.78 is 5.53. The molecular formula is C11H18N2O. The standard InChI is InChI=1S/C11H18N2O/c1-3-10-7-11(9-13-8-10)14-6-5-12-4-2/h7-9,12H,3-6H2,1-2H3. The van der Waals surface area contributed by atoms with Gasteiger partial charge >= 0.3 is 0 Å². The summed E-state index contributed by atoms with van der Waals surface area (Å²) in [5.41, 5.74) is 1.21. The lowest BCUT2D eigenvalue weighted by Gasteiger charge is -2.06. The van der Waals surface area contributed by atoms with Crippen molar-refractivity contribution in [1.29, 1.82) is 0 Å². The quantitative estimate of drug-likeness (QED) is 0.699. The zero-order valence-electron chi connectivity index (χ0n) is 8.92. The third-order valence-corrected chi connectivity index (χ3v) is 1.98. The molecule has 0 unspecified atom stereocenters. The van der Waals surface area contributed by atoms with Gasteiger partial charge in [0, 0.05) is 12.7 Å². The molecule has 0 saturated carbocycles. The van der Waals surface area contributed by atoms with E-state index in [9.17, 15) is 0 Å². The van der Waals surface area contributed by atoms with E-state index in [-0.39, 0.29) is 0 Å². The Balaban J connectivity index is 2.34. The number of likely N-dealkylation sites (N-methyl/N-ethyl adjacent to an activating group) is 1. The zero-order valence-corrected chi connectivity index (χ0v) is 8.92. The average Bonchev–Trinajstić information content (AvgIpc) is 2.25. The molecule has 1 rings (SSSR count). The highest BCUT2D eigenvalue weighted by Gasteiger charge is 1.95. The second-order valence-electron chi connectivity index (χ2n) is 3.08. The smallest absolute Gasteiger partial charge is 0.137 e. The monoisotopic (exact) mass is 194 g/mol. The van der Waals surface area contributed by atoms with E-state index in [1.165, 1.54) is 5.56 Å². The van der Waals surface area contributed by atoms with Gasteiger partial charge in [-0.25, -0.2) is 0 Å². The average molecular weight is 194 g/mol. The van der Waals surface area contributed by atoms with Gasteiger partial charge in [0.2, 0.25) is 0 Å². The van der Waals surface area contributed by atoms with Crippen molar-refractivity contribution in [2.75, 3.05) is 19.7 Å². The lowest BCUT2D eigenvalue weighted by Crippen LogP contribution is -2.20. The van der Waals surface area contributed by atoms with Gasteiger partial charge in [0.25, 0.3) is 0 Å². The number of hydrogen-bond donors (Lipinski definition) is 1. The molecule has 1 heterocycles. The Kier molecular flexibility index (Phi) is 5.00. The largest absolute Gasteiger partial charge is 0.491 e. The number of nitrogens with zero attached hydrogens (tertiary/aromatic N) is 1. The highest BCUT2D eigenvalue weighted by atomic mass is 16.5. The lowest BCUT2D eigenvalue weighted by atomic mass is 10.2. The van der Waals surface area contributed by atoms with Crippen molar-refractivity contribution < 1.29 is 4.74 Å². The van der Waals surface area contributed by atoms with Gasteiger partial charge in [-0.2, -0.15) is 0 Å². The van der Waals surface area contributed by atoms with Crippen LogP contribution >= 0.6 is 0 Å². The molecule has 78 valence electrons. The van der Waals surface area contributed by atoms with Crippen molar-refractivity contribution in [3.8, 4) is 5.75 Å². The van der Waals surface area contributed by atoms with Crippen molar-refractivity contribution in [2.24, 2.45) is 0 Å². The van der Waals surface area contributed by atoms with Crippen LogP contribution in [0.1, 0.15) is 19.4 Å². The Bertz CT molecular complexity index is 263. The van der Waals surface area contributed by atoms with Crippen LogP contribution in [0.3, 0.4) is 0 Å². The molecule has 0 saturated heterocycles. The maximum Gasteiger partial charge on any atom is 0.137 e. The molecule has 0 aromatic carbocycles. The van der Waals surface area contributed by atoms with Gasteiger partial charge < -0.3 is 10.1 Å². The molecule has 0 radical (unpaired) electrons. The van der Waals surface area contributed by atoms with Crippen molar-refractivity contribution in [2.45, 2.75) is 20.3 Å². The van der Waals surface area contributed by atoms with Crippen molar-refractivity contribution in [1.82, 2.24) is 10.3 Å². The number of aryl methyl sites for hydroxylation is 1. The highest BCUT2D eigenvalue weighted by molar-refractivity contribution is 5.23. The van der Waals surface area contributed by atoms with Gasteiger partial charge in [0.15, 0.2) is 0 Å². The molecule has 0 spiro atoms. The molecule has 0 aliphatic rings. The minimum absolute atomic E-state index is 0.697. The first-order valence-corrected chi connectivity index (χ1v) is 5.14. The van der Waals surface area contributed by atoms with E-state index in [2.05, 4.69) is 24.1 Å². The third-order valence-electron chi connectivity index (χ3n) is 1.98. The normalized spacial score (nSPS) is 10.1. The molecule has 0 atom stereocenters. The highest BCUT2D eigenvalue weighted by Crippen LogP contribution is 2.10. The van der Waals surface area contributed by atoms with E-state index >= 15 is 0 Å². The summed E-state index contributed by atoms with van der Waals surface area (Å²) in [4.78, 5) is 4.11. The fraction of sp³-hybridized carbons (Fsp3) is 0.545. The molecular weight excluding hydrogens is 176 g/mol. The minimum Gasteiger partial charge on any atom is -0.491 e. The Hall–Kier alpha value is -1.09. The van der Waals surface area contributed by atoms with E-state index in [1.807, 2.05) is 12.3 Å². The molecule has 1 N–H and O–H groups in total. The number of pyridine rings is 1. The van der Waals surface area contributed by atoms with Gasteiger partial charge in [0.05, 0.1) is 6.20 Å². The molecule has 0 aliphatic carbocycles. The number of ether oxygens (including phenoxy) is 1. The first-order valence-electron chi connectivity index (χ1n) is 5.14. The van der Waals surface area contributed by atoms with Gasteiger partial charge in [-0.05, 0) is 24.6 Å². The van der Waals surface area contributed by atoms with E-state index in [4.69, 9.17) is 4.74 Å². The predicted octanol–water partition coefficient (Wildman–Crippen LogP) is 1.63. The third kappa shape index (κ3) is 3.75. The number of aromatic nitrogens is 1. The van der Waals surface area contributed by atoms with E-state index in [0.29, 0.717) is 6.61 Å². The van der Waals surface area contributed by atoms with Gasteiger partial charge in [-0.3, -0.25) is 4.98 Å². The maximum absolute atomic E-state index is 5.53. The molecule has 0 bridgehead atoms. The molecule has 1 aromatic rings. The number of hydrogen-bond acceptors (Lipinski definition) is 3. The van der Waals surface area contributed by atoms with E-state index in [0.717, 1.165) is 25.3 Å². The van der Waals surface area contributed by atoms with Crippen LogP contribution < -0.4 is 10.1 Å². The van der Waals surface area contributed by atoms with Crippen molar-refractivity contribution in [3.05, 3.63) is 24.0 Å². The summed E-state index contributed by atoms with van der Waals surface area (Å²) in [6.45, 7) is 6.75. The van der Waals surface area contributed by atoms with Crippen LogP contribution in [0.15, 0.2) is 18.5 Å². The fourth-order valence-corrected chi connectivity index (χ4v) is 1.15. The molecule has 3 heteroatoms. The maximum atomic E-state index is 5.53. The fourth-order valence-electron chi connectivity index (χ4n) is 1.15. The lowest BCUT2D eigenvalue weighted by molar-refractivity contribution is 0.314. The van der Waals surface area contributed by atoms with Crippen molar-refractivity contribution in [3.63, 3.8) is 0 Å². The second kappa shape index (κ2) is 6.38. The molecule has 1 aromatic heterocycles. The molecule has 0 amide bonds. The Labute approximate surface area is 85.5 Å². The van der Waals surface area contributed by atoms with Crippen molar-refractivity contribution >= 4 is 0 Å². The summed E-state index contributed by atoms with van der Waals surface area (Å²) >= 11 is 0. The SMILES string of the molecule is CCNCCOc1cncc(CC)c1. The minimum atomic E-state index is 0.697. The summed E-state index contributed by atoms with van der Waals surface area (Å²) in [5, 5.41) is 3.20. The van der Waals surface area contributed by atoms with Gasteiger partial charge in [0.1, 0.15) is 12.4 Å². The Morgan fingerprint density at radius 2 is 2.21 bits per heavy atom. The topological polar surface area (TPSA) is 34.1 Å². The van der Waals surface area contributed by atoms with Crippen LogP contribution in [-0.2, 0) is 6.42 Å². The molecule has 14 heavy (non-hydrogen) atoms. The van der Waals surface area contributed by atoms with Crippen LogP contribution in [0.5, 0.6) is 5.75 Å².